The minimum Gasteiger partial charge on any atom is -0.489 e. The number of benzene rings is 3. The number of rotatable bonds is 7. The van der Waals surface area contributed by atoms with Crippen molar-refractivity contribution in [2.75, 3.05) is 6.54 Å². The zero-order valence-electron chi connectivity index (χ0n) is 15.4. The molecule has 0 unspecified atom stereocenters. The fourth-order valence-electron chi connectivity index (χ4n) is 3.05. The molecule has 0 saturated heterocycles. The molecule has 0 spiro atoms. The first-order chi connectivity index (χ1) is 12.1. The highest BCUT2D eigenvalue weighted by atomic mass is 16.5. The molecule has 0 aliphatic heterocycles. The van der Waals surface area contributed by atoms with Gasteiger partial charge in [0.05, 0.1) is 0 Å². The van der Waals surface area contributed by atoms with Crippen LogP contribution in [0.4, 0.5) is 0 Å². The lowest BCUT2D eigenvalue weighted by Gasteiger charge is -2.16. The van der Waals surface area contributed by atoms with Gasteiger partial charge in [0.25, 0.3) is 0 Å². The maximum Gasteiger partial charge on any atom is 0.124 e. The molecule has 3 aromatic rings. The molecule has 0 fully saturated rings. The van der Waals surface area contributed by atoms with Crippen molar-refractivity contribution in [1.82, 2.24) is 5.32 Å². The molecular formula is C23H27NO. The molecule has 3 aromatic carbocycles. The van der Waals surface area contributed by atoms with E-state index in [1.54, 1.807) is 0 Å². The van der Waals surface area contributed by atoms with Gasteiger partial charge in [0.15, 0.2) is 0 Å². The number of hydrogen-bond acceptors (Lipinski definition) is 2. The van der Waals surface area contributed by atoms with Crippen molar-refractivity contribution in [3.05, 3.63) is 77.4 Å². The van der Waals surface area contributed by atoms with Gasteiger partial charge in [-0.25, -0.2) is 0 Å². The molecule has 0 aliphatic carbocycles. The first kappa shape index (κ1) is 17.5. The van der Waals surface area contributed by atoms with E-state index in [1.807, 2.05) is 0 Å². The minimum atomic E-state index is 0.599. The smallest absolute Gasteiger partial charge is 0.124 e. The molecule has 0 bridgehead atoms. The SMILES string of the molecule is Cc1ccccc1COc1ccc2ccccc2c1CNCC(C)C. The molecule has 2 heteroatoms. The largest absolute Gasteiger partial charge is 0.489 e. The Balaban J connectivity index is 1.86. The van der Waals surface area contributed by atoms with Crippen molar-refractivity contribution in [1.29, 1.82) is 0 Å². The van der Waals surface area contributed by atoms with Gasteiger partial charge in [-0.3, -0.25) is 0 Å². The van der Waals surface area contributed by atoms with E-state index < -0.39 is 0 Å². The topological polar surface area (TPSA) is 21.3 Å². The Morgan fingerprint density at radius 1 is 0.920 bits per heavy atom. The average molecular weight is 333 g/mol. The summed E-state index contributed by atoms with van der Waals surface area (Å²) in [5.41, 5.74) is 3.74. The Morgan fingerprint density at radius 2 is 1.68 bits per heavy atom. The molecule has 0 aliphatic rings. The normalized spacial score (nSPS) is 11.2. The third kappa shape index (κ3) is 4.40. The lowest BCUT2D eigenvalue weighted by molar-refractivity contribution is 0.302. The Labute approximate surface area is 150 Å². The third-order valence-corrected chi connectivity index (χ3v) is 4.50. The van der Waals surface area contributed by atoms with E-state index >= 15 is 0 Å². The van der Waals surface area contributed by atoms with E-state index in [0.29, 0.717) is 12.5 Å². The lowest BCUT2D eigenvalue weighted by atomic mass is 10.0. The van der Waals surface area contributed by atoms with Crippen LogP contribution in [0, 0.1) is 12.8 Å². The summed E-state index contributed by atoms with van der Waals surface area (Å²) in [7, 11) is 0. The summed E-state index contributed by atoms with van der Waals surface area (Å²) in [6.07, 6.45) is 0. The van der Waals surface area contributed by atoms with Crippen LogP contribution in [0.1, 0.15) is 30.5 Å². The van der Waals surface area contributed by atoms with Gasteiger partial charge in [-0.1, -0.05) is 68.4 Å². The van der Waals surface area contributed by atoms with E-state index in [0.717, 1.165) is 18.8 Å². The van der Waals surface area contributed by atoms with Crippen LogP contribution in [0.15, 0.2) is 60.7 Å². The number of fused-ring (bicyclic) bond motifs is 1. The van der Waals surface area contributed by atoms with Crippen molar-refractivity contribution >= 4 is 10.8 Å². The highest BCUT2D eigenvalue weighted by Gasteiger charge is 2.10. The molecule has 0 heterocycles. The van der Waals surface area contributed by atoms with E-state index in [9.17, 15) is 0 Å². The molecule has 2 nitrogen and oxygen atoms in total. The second kappa shape index (κ2) is 8.17. The van der Waals surface area contributed by atoms with Crippen molar-refractivity contribution in [3.63, 3.8) is 0 Å². The van der Waals surface area contributed by atoms with Crippen LogP contribution in [0.2, 0.25) is 0 Å². The minimum absolute atomic E-state index is 0.599. The quantitative estimate of drug-likeness (QED) is 0.619. The summed E-state index contributed by atoms with van der Waals surface area (Å²) in [5, 5.41) is 6.08. The number of ether oxygens (including phenoxy) is 1. The molecule has 1 N–H and O–H groups in total. The fourth-order valence-corrected chi connectivity index (χ4v) is 3.05. The standard InChI is InChI=1S/C23H27NO/c1-17(2)14-24-15-22-21-11-7-6-9-19(21)12-13-23(22)25-16-20-10-5-4-8-18(20)3/h4-13,17,24H,14-16H2,1-3H3. The van der Waals surface area contributed by atoms with Crippen LogP contribution in [0.25, 0.3) is 10.8 Å². The molecule has 0 radical (unpaired) electrons. The van der Waals surface area contributed by atoms with E-state index in [1.165, 1.54) is 27.5 Å². The number of aryl methyl sites for hydroxylation is 1. The number of nitrogens with one attached hydrogen (secondary N) is 1. The molecule has 3 rings (SSSR count). The summed E-state index contributed by atoms with van der Waals surface area (Å²) in [4.78, 5) is 0. The zero-order chi connectivity index (χ0) is 17.6. The van der Waals surface area contributed by atoms with Crippen LogP contribution >= 0.6 is 0 Å². The maximum atomic E-state index is 6.23. The van der Waals surface area contributed by atoms with Crippen molar-refractivity contribution in [2.24, 2.45) is 5.92 Å². The van der Waals surface area contributed by atoms with Gasteiger partial charge in [-0.15, -0.1) is 0 Å². The van der Waals surface area contributed by atoms with Gasteiger partial charge in [0.1, 0.15) is 12.4 Å². The van der Waals surface area contributed by atoms with Gasteiger partial charge >= 0.3 is 0 Å². The second-order valence-corrected chi connectivity index (χ2v) is 7.00. The Bertz CT molecular complexity index is 838. The molecule has 130 valence electrons. The molecule has 0 saturated carbocycles. The molecular weight excluding hydrogens is 306 g/mol. The van der Waals surface area contributed by atoms with Crippen LogP contribution in [-0.4, -0.2) is 6.54 Å². The first-order valence-electron chi connectivity index (χ1n) is 9.04. The van der Waals surface area contributed by atoms with Crippen LogP contribution < -0.4 is 10.1 Å². The lowest BCUT2D eigenvalue weighted by Crippen LogP contribution is -2.19. The van der Waals surface area contributed by atoms with Crippen LogP contribution in [0.3, 0.4) is 0 Å². The average Bonchev–Trinajstić information content (AvgIpc) is 2.61. The Kier molecular flexibility index (Phi) is 5.72. The molecule has 0 atom stereocenters. The molecule has 0 aromatic heterocycles. The van der Waals surface area contributed by atoms with Gasteiger partial charge < -0.3 is 10.1 Å². The van der Waals surface area contributed by atoms with Gasteiger partial charge in [0.2, 0.25) is 0 Å². The van der Waals surface area contributed by atoms with Gasteiger partial charge in [-0.05, 0) is 47.4 Å². The Hall–Kier alpha value is -2.32. The first-order valence-corrected chi connectivity index (χ1v) is 9.04. The van der Waals surface area contributed by atoms with Crippen LogP contribution in [0.5, 0.6) is 5.75 Å². The maximum absolute atomic E-state index is 6.23. The highest BCUT2D eigenvalue weighted by molar-refractivity contribution is 5.87. The van der Waals surface area contributed by atoms with Crippen molar-refractivity contribution in [3.8, 4) is 5.75 Å². The monoisotopic (exact) mass is 333 g/mol. The van der Waals surface area contributed by atoms with E-state index in [-0.39, 0.29) is 0 Å². The van der Waals surface area contributed by atoms with Crippen LogP contribution in [-0.2, 0) is 13.2 Å². The van der Waals surface area contributed by atoms with Gasteiger partial charge in [-0.2, -0.15) is 0 Å². The summed E-state index contributed by atoms with van der Waals surface area (Å²) in [6, 6.07) is 21.2. The fraction of sp³-hybridized carbons (Fsp3) is 0.304. The predicted molar refractivity (Wildman–Crippen MR) is 106 cm³/mol. The highest BCUT2D eigenvalue weighted by Crippen LogP contribution is 2.29. The summed E-state index contributed by atoms with van der Waals surface area (Å²) < 4.78 is 6.23. The van der Waals surface area contributed by atoms with Gasteiger partial charge in [0, 0.05) is 12.1 Å². The van der Waals surface area contributed by atoms with E-state index in [2.05, 4.69) is 86.8 Å². The third-order valence-electron chi connectivity index (χ3n) is 4.50. The molecule has 0 amide bonds. The molecule has 25 heavy (non-hydrogen) atoms. The van der Waals surface area contributed by atoms with Crippen molar-refractivity contribution in [2.45, 2.75) is 33.9 Å². The second-order valence-electron chi connectivity index (χ2n) is 7.00. The predicted octanol–water partition coefficient (Wildman–Crippen LogP) is 5.47. The summed E-state index contributed by atoms with van der Waals surface area (Å²) in [5.74, 6) is 1.60. The zero-order valence-corrected chi connectivity index (χ0v) is 15.4. The summed E-state index contributed by atoms with van der Waals surface area (Å²) >= 11 is 0. The van der Waals surface area contributed by atoms with Crippen molar-refractivity contribution < 1.29 is 4.74 Å². The van der Waals surface area contributed by atoms with E-state index in [4.69, 9.17) is 4.74 Å². The number of hydrogen-bond donors (Lipinski definition) is 1. The summed E-state index contributed by atoms with van der Waals surface area (Å²) in [6.45, 7) is 9.01. The Morgan fingerprint density at radius 3 is 2.48 bits per heavy atom.